The standard InChI is InChI=1S/C14H30N2/c1-3-5-6-7-9-16-10-8-13(4-2)11-14(16)12-15/h13-14H,3-12,15H2,1-2H3. The van der Waals surface area contributed by atoms with Gasteiger partial charge in [0.05, 0.1) is 0 Å². The van der Waals surface area contributed by atoms with Crippen LogP contribution >= 0.6 is 0 Å². The van der Waals surface area contributed by atoms with Gasteiger partial charge in [0.1, 0.15) is 0 Å². The van der Waals surface area contributed by atoms with Crippen molar-refractivity contribution in [2.24, 2.45) is 11.7 Å². The predicted molar refractivity (Wildman–Crippen MR) is 71.6 cm³/mol. The molecule has 0 saturated carbocycles. The van der Waals surface area contributed by atoms with Gasteiger partial charge in [-0.05, 0) is 38.3 Å². The highest BCUT2D eigenvalue weighted by atomic mass is 15.2. The second-order valence-electron chi connectivity index (χ2n) is 5.28. The lowest BCUT2D eigenvalue weighted by Gasteiger charge is -2.38. The lowest BCUT2D eigenvalue weighted by molar-refractivity contribution is 0.112. The smallest absolute Gasteiger partial charge is 0.0221 e. The molecule has 0 bridgehead atoms. The molecule has 0 radical (unpaired) electrons. The number of likely N-dealkylation sites (tertiary alicyclic amines) is 1. The van der Waals surface area contributed by atoms with Crippen molar-refractivity contribution in [1.82, 2.24) is 4.90 Å². The molecule has 0 spiro atoms. The third-order valence-electron chi connectivity index (χ3n) is 4.09. The first-order valence-electron chi connectivity index (χ1n) is 7.25. The summed E-state index contributed by atoms with van der Waals surface area (Å²) >= 11 is 0. The van der Waals surface area contributed by atoms with Crippen LogP contribution in [0.4, 0.5) is 0 Å². The van der Waals surface area contributed by atoms with Gasteiger partial charge < -0.3 is 5.73 Å². The van der Waals surface area contributed by atoms with E-state index in [2.05, 4.69) is 18.7 Å². The number of hydrogen-bond donors (Lipinski definition) is 1. The van der Waals surface area contributed by atoms with Crippen molar-refractivity contribution in [3.8, 4) is 0 Å². The van der Waals surface area contributed by atoms with E-state index in [1.54, 1.807) is 0 Å². The molecule has 0 aromatic heterocycles. The van der Waals surface area contributed by atoms with Crippen LogP contribution in [0.3, 0.4) is 0 Å². The van der Waals surface area contributed by atoms with Gasteiger partial charge in [-0.25, -0.2) is 0 Å². The zero-order chi connectivity index (χ0) is 11.8. The molecule has 1 aliphatic heterocycles. The van der Waals surface area contributed by atoms with E-state index in [4.69, 9.17) is 5.73 Å². The Morgan fingerprint density at radius 3 is 2.62 bits per heavy atom. The highest BCUT2D eigenvalue weighted by Crippen LogP contribution is 2.25. The van der Waals surface area contributed by atoms with Gasteiger partial charge in [0, 0.05) is 12.6 Å². The summed E-state index contributed by atoms with van der Waals surface area (Å²) in [6.07, 6.45) is 9.53. The zero-order valence-corrected chi connectivity index (χ0v) is 11.3. The van der Waals surface area contributed by atoms with E-state index < -0.39 is 0 Å². The fraction of sp³-hybridized carbons (Fsp3) is 1.00. The van der Waals surface area contributed by atoms with Crippen molar-refractivity contribution in [1.29, 1.82) is 0 Å². The molecule has 0 aromatic rings. The molecule has 2 N–H and O–H groups in total. The van der Waals surface area contributed by atoms with Gasteiger partial charge in [-0.1, -0.05) is 39.5 Å². The Labute approximate surface area is 102 Å². The van der Waals surface area contributed by atoms with Crippen LogP contribution in [0.15, 0.2) is 0 Å². The molecule has 0 amide bonds. The highest BCUT2D eigenvalue weighted by molar-refractivity contribution is 4.81. The molecule has 0 aromatic carbocycles. The first kappa shape index (κ1) is 14.0. The van der Waals surface area contributed by atoms with Gasteiger partial charge in [0.15, 0.2) is 0 Å². The number of nitrogens with zero attached hydrogens (tertiary/aromatic N) is 1. The molecule has 2 nitrogen and oxygen atoms in total. The number of rotatable bonds is 7. The van der Waals surface area contributed by atoms with E-state index in [0.29, 0.717) is 6.04 Å². The molecule has 1 rings (SSSR count). The van der Waals surface area contributed by atoms with Gasteiger partial charge in [0.25, 0.3) is 0 Å². The van der Waals surface area contributed by atoms with Crippen LogP contribution in [-0.4, -0.2) is 30.6 Å². The zero-order valence-electron chi connectivity index (χ0n) is 11.3. The minimum Gasteiger partial charge on any atom is -0.329 e. The predicted octanol–water partition coefficient (Wildman–Crippen LogP) is 3.02. The second-order valence-corrected chi connectivity index (χ2v) is 5.28. The van der Waals surface area contributed by atoms with E-state index in [0.717, 1.165) is 12.5 Å². The van der Waals surface area contributed by atoms with Crippen molar-refractivity contribution in [3.05, 3.63) is 0 Å². The monoisotopic (exact) mass is 226 g/mol. The first-order valence-corrected chi connectivity index (χ1v) is 7.25. The Morgan fingerprint density at radius 2 is 2.00 bits per heavy atom. The van der Waals surface area contributed by atoms with E-state index in [1.807, 2.05) is 0 Å². The Hall–Kier alpha value is -0.0800. The summed E-state index contributed by atoms with van der Waals surface area (Å²) in [7, 11) is 0. The van der Waals surface area contributed by atoms with Gasteiger partial charge >= 0.3 is 0 Å². The Balaban J connectivity index is 2.24. The summed E-state index contributed by atoms with van der Waals surface area (Å²) in [5.41, 5.74) is 5.90. The number of nitrogens with two attached hydrogens (primary N) is 1. The number of hydrogen-bond acceptors (Lipinski definition) is 2. The van der Waals surface area contributed by atoms with E-state index in [-0.39, 0.29) is 0 Å². The average Bonchev–Trinajstić information content (AvgIpc) is 2.34. The average molecular weight is 226 g/mol. The number of unbranched alkanes of at least 4 members (excludes halogenated alkanes) is 3. The minimum absolute atomic E-state index is 0.667. The fourth-order valence-corrected chi connectivity index (χ4v) is 2.83. The molecule has 96 valence electrons. The van der Waals surface area contributed by atoms with Crippen LogP contribution in [0.5, 0.6) is 0 Å². The van der Waals surface area contributed by atoms with Crippen LogP contribution < -0.4 is 5.73 Å². The van der Waals surface area contributed by atoms with Gasteiger partial charge in [-0.2, -0.15) is 0 Å². The van der Waals surface area contributed by atoms with Crippen LogP contribution in [0.25, 0.3) is 0 Å². The summed E-state index contributed by atoms with van der Waals surface area (Å²) in [5.74, 6) is 0.931. The van der Waals surface area contributed by atoms with Gasteiger partial charge in [-0.15, -0.1) is 0 Å². The van der Waals surface area contributed by atoms with Gasteiger partial charge in [-0.3, -0.25) is 4.90 Å². The molecule has 1 aliphatic rings. The van der Waals surface area contributed by atoms with E-state index in [9.17, 15) is 0 Å². The minimum atomic E-state index is 0.667. The normalized spacial score (nSPS) is 27.2. The molecule has 2 unspecified atom stereocenters. The molecule has 1 fully saturated rings. The lowest BCUT2D eigenvalue weighted by atomic mass is 9.89. The molecule has 2 heteroatoms. The van der Waals surface area contributed by atoms with Gasteiger partial charge in [0.2, 0.25) is 0 Å². The quantitative estimate of drug-likeness (QED) is 0.676. The van der Waals surface area contributed by atoms with Crippen LogP contribution in [-0.2, 0) is 0 Å². The Kier molecular flexibility index (Phi) is 7.06. The van der Waals surface area contributed by atoms with Crippen molar-refractivity contribution in [3.63, 3.8) is 0 Å². The molecule has 16 heavy (non-hydrogen) atoms. The molecular weight excluding hydrogens is 196 g/mol. The van der Waals surface area contributed by atoms with E-state index in [1.165, 1.54) is 58.0 Å². The summed E-state index contributed by atoms with van der Waals surface area (Å²) in [5, 5.41) is 0. The van der Waals surface area contributed by atoms with E-state index >= 15 is 0 Å². The summed E-state index contributed by atoms with van der Waals surface area (Å²) < 4.78 is 0. The summed E-state index contributed by atoms with van der Waals surface area (Å²) in [6.45, 7) is 8.00. The first-order chi connectivity index (χ1) is 7.81. The number of piperidine rings is 1. The molecule has 2 atom stereocenters. The Bertz CT molecular complexity index is 170. The highest BCUT2D eigenvalue weighted by Gasteiger charge is 2.25. The molecular formula is C14H30N2. The third-order valence-corrected chi connectivity index (χ3v) is 4.09. The molecule has 1 heterocycles. The molecule has 0 aliphatic carbocycles. The van der Waals surface area contributed by atoms with Crippen LogP contribution in [0, 0.1) is 5.92 Å². The third kappa shape index (κ3) is 4.42. The molecule has 1 saturated heterocycles. The fourth-order valence-electron chi connectivity index (χ4n) is 2.83. The largest absolute Gasteiger partial charge is 0.329 e. The van der Waals surface area contributed by atoms with Crippen molar-refractivity contribution in [2.45, 2.75) is 64.8 Å². The van der Waals surface area contributed by atoms with Crippen molar-refractivity contribution in [2.75, 3.05) is 19.6 Å². The SMILES string of the molecule is CCCCCCN1CCC(CC)CC1CN. The summed E-state index contributed by atoms with van der Waals surface area (Å²) in [4.78, 5) is 2.64. The van der Waals surface area contributed by atoms with Crippen LogP contribution in [0.1, 0.15) is 58.8 Å². The maximum Gasteiger partial charge on any atom is 0.0221 e. The van der Waals surface area contributed by atoms with Crippen molar-refractivity contribution >= 4 is 0 Å². The Morgan fingerprint density at radius 1 is 1.19 bits per heavy atom. The van der Waals surface area contributed by atoms with Crippen LogP contribution in [0.2, 0.25) is 0 Å². The topological polar surface area (TPSA) is 29.3 Å². The maximum absolute atomic E-state index is 5.90. The van der Waals surface area contributed by atoms with Crippen molar-refractivity contribution < 1.29 is 0 Å². The second kappa shape index (κ2) is 8.08. The summed E-state index contributed by atoms with van der Waals surface area (Å²) in [6, 6.07) is 0.667. The maximum atomic E-state index is 5.90. The lowest BCUT2D eigenvalue weighted by Crippen LogP contribution is -2.46.